The van der Waals surface area contributed by atoms with Crippen LogP contribution in [0.5, 0.6) is 0 Å². The van der Waals surface area contributed by atoms with E-state index in [1.165, 1.54) is 4.68 Å². The van der Waals surface area contributed by atoms with E-state index in [2.05, 4.69) is 30.6 Å². The molecule has 1 aliphatic carbocycles. The predicted molar refractivity (Wildman–Crippen MR) is 120 cm³/mol. The fourth-order valence-corrected chi connectivity index (χ4v) is 4.52. The molecule has 1 heterocycles. The molecule has 0 unspecified atom stereocenters. The summed E-state index contributed by atoms with van der Waals surface area (Å²) in [6.45, 7) is 6.49. The number of sulfonamides is 1. The maximum absolute atomic E-state index is 13.0. The minimum absolute atomic E-state index is 0.0479. The summed E-state index contributed by atoms with van der Waals surface area (Å²) in [5.74, 6) is 1.03. The molecule has 0 bridgehead atoms. The molecule has 0 radical (unpaired) electrons. The molecule has 1 N–H and O–H groups in total. The number of rotatable bonds is 7. The Hall–Kier alpha value is -2.71. The Morgan fingerprint density at radius 3 is 2.26 bits per heavy atom. The zero-order valence-corrected chi connectivity index (χ0v) is 18.9. The summed E-state index contributed by atoms with van der Waals surface area (Å²) in [6, 6.07) is 16.3. The van der Waals surface area contributed by atoms with Gasteiger partial charge in [-0.3, -0.25) is 0 Å². The molecule has 0 aliphatic heterocycles. The van der Waals surface area contributed by atoms with Crippen molar-refractivity contribution in [2.75, 3.05) is 6.54 Å². The van der Waals surface area contributed by atoms with E-state index in [1.54, 1.807) is 16.7 Å². The fraction of sp³-hybridized carbons (Fsp3) is 0.391. The molecule has 0 saturated heterocycles. The van der Waals surface area contributed by atoms with Crippen molar-refractivity contribution in [3.63, 3.8) is 0 Å². The maximum atomic E-state index is 13.0. The third-order valence-corrected chi connectivity index (χ3v) is 6.94. The van der Waals surface area contributed by atoms with Gasteiger partial charge >= 0.3 is 5.69 Å². The summed E-state index contributed by atoms with van der Waals surface area (Å²) < 4.78 is 30.9. The highest BCUT2D eigenvalue weighted by Gasteiger charge is 2.31. The smallest absolute Gasteiger partial charge is 0.247 e. The van der Waals surface area contributed by atoms with Gasteiger partial charge in [-0.1, -0.05) is 51.1 Å². The molecule has 3 aromatic rings. The molecule has 0 spiro atoms. The second-order valence-electron chi connectivity index (χ2n) is 8.98. The molecule has 31 heavy (non-hydrogen) atoms. The zero-order valence-electron chi connectivity index (χ0n) is 18.1. The van der Waals surface area contributed by atoms with Crippen LogP contribution < -0.4 is 10.4 Å². The van der Waals surface area contributed by atoms with Crippen LogP contribution in [0.15, 0.2) is 64.3 Å². The Kier molecular flexibility index (Phi) is 5.61. The Bertz CT molecular complexity index is 1220. The summed E-state index contributed by atoms with van der Waals surface area (Å²) >= 11 is 0. The van der Waals surface area contributed by atoms with Gasteiger partial charge in [0.25, 0.3) is 0 Å². The van der Waals surface area contributed by atoms with Crippen LogP contribution in [0, 0.1) is 0 Å². The number of nitrogens with zero attached hydrogens (tertiary/aromatic N) is 3. The lowest BCUT2D eigenvalue weighted by molar-refractivity contribution is 0.550. The van der Waals surface area contributed by atoms with Gasteiger partial charge in [0.1, 0.15) is 5.82 Å². The number of aromatic nitrogens is 3. The van der Waals surface area contributed by atoms with Crippen molar-refractivity contribution in [3.05, 3.63) is 76.5 Å². The first kappa shape index (κ1) is 21.5. The normalized spacial score (nSPS) is 14.7. The van der Waals surface area contributed by atoms with E-state index >= 15 is 0 Å². The van der Waals surface area contributed by atoms with E-state index in [9.17, 15) is 13.2 Å². The average molecular weight is 441 g/mol. The summed E-state index contributed by atoms with van der Waals surface area (Å²) in [5.41, 5.74) is 1.55. The van der Waals surface area contributed by atoms with E-state index in [1.807, 2.05) is 42.5 Å². The Labute approximate surface area is 182 Å². The molecule has 1 saturated carbocycles. The molecule has 164 valence electrons. The number of hydrogen-bond donors (Lipinski definition) is 1. The Morgan fingerprint density at radius 1 is 1.03 bits per heavy atom. The van der Waals surface area contributed by atoms with Crippen LogP contribution in [-0.4, -0.2) is 29.3 Å². The van der Waals surface area contributed by atoms with Crippen LogP contribution in [-0.2, 0) is 22.0 Å². The Morgan fingerprint density at radius 2 is 1.68 bits per heavy atom. The molecule has 0 atom stereocenters. The largest absolute Gasteiger partial charge is 0.350 e. The SMILES string of the molecule is CC(C)(C)c1ccc(S(=O)(=O)NCCn2nc(C3CC3)n(-c3ccccc3)c2=O)cc1. The second-order valence-corrected chi connectivity index (χ2v) is 10.7. The van der Waals surface area contributed by atoms with E-state index in [0.717, 1.165) is 29.9 Å². The standard InChI is InChI=1S/C23H28N4O3S/c1-23(2,3)18-11-13-20(14-12-18)31(29,30)24-15-16-26-22(28)27(19-7-5-4-6-8-19)21(25-26)17-9-10-17/h4-8,11-14,17,24H,9-10,15-16H2,1-3H3. The first-order chi connectivity index (χ1) is 14.7. The Balaban J connectivity index is 1.49. The van der Waals surface area contributed by atoms with Crippen LogP contribution >= 0.6 is 0 Å². The van der Waals surface area contributed by atoms with E-state index in [0.29, 0.717) is 0 Å². The van der Waals surface area contributed by atoms with Crippen LogP contribution in [0.25, 0.3) is 5.69 Å². The van der Waals surface area contributed by atoms with Crippen molar-refractivity contribution < 1.29 is 8.42 Å². The van der Waals surface area contributed by atoms with Crippen LogP contribution in [0.4, 0.5) is 0 Å². The molecular weight excluding hydrogens is 412 g/mol. The molecule has 2 aromatic carbocycles. The molecule has 1 aliphatic rings. The van der Waals surface area contributed by atoms with Gasteiger partial charge in [0.2, 0.25) is 10.0 Å². The van der Waals surface area contributed by atoms with Crippen molar-refractivity contribution in [2.24, 2.45) is 0 Å². The number of nitrogens with one attached hydrogen (secondary N) is 1. The van der Waals surface area contributed by atoms with Crippen molar-refractivity contribution in [3.8, 4) is 5.69 Å². The van der Waals surface area contributed by atoms with E-state index in [-0.39, 0.29) is 35.0 Å². The number of para-hydroxylation sites is 1. The monoisotopic (exact) mass is 440 g/mol. The van der Waals surface area contributed by atoms with E-state index in [4.69, 9.17) is 0 Å². The highest BCUT2D eigenvalue weighted by atomic mass is 32.2. The predicted octanol–water partition coefficient (Wildman–Crippen LogP) is 3.19. The quantitative estimate of drug-likeness (QED) is 0.611. The van der Waals surface area contributed by atoms with Crippen molar-refractivity contribution in [1.29, 1.82) is 0 Å². The van der Waals surface area contributed by atoms with Crippen molar-refractivity contribution >= 4 is 10.0 Å². The number of benzene rings is 2. The van der Waals surface area contributed by atoms with Gasteiger partial charge in [-0.05, 0) is 48.1 Å². The highest BCUT2D eigenvalue weighted by molar-refractivity contribution is 7.89. The van der Waals surface area contributed by atoms with Crippen LogP contribution in [0.3, 0.4) is 0 Å². The zero-order chi connectivity index (χ0) is 22.2. The van der Waals surface area contributed by atoms with Gasteiger partial charge in [0.15, 0.2) is 0 Å². The average Bonchev–Trinajstić information content (AvgIpc) is 3.52. The van der Waals surface area contributed by atoms with Crippen LogP contribution in [0.2, 0.25) is 0 Å². The van der Waals surface area contributed by atoms with Gasteiger partial charge < -0.3 is 0 Å². The lowest BCUT2D eigenvalue weighted by Crippen LogP contribution is -2.32. The molecule has 0 amide bonds. The first-order valence-electron chi connectivity index (χ1n) is 10.5. The topological polar surface area (TPSA) is 86.0 Å². The summed E-state index contributed by atoms with van der Waals surface area (Å²) in [4.78, 5) is 13.2. The minimum Gasteiger partial charge on any atom is -0.247 e. The molecule has 1 fully saturated rings. The van der Waals surface area contributed by atoms with Crippen LogP contribution in [0.1, 0.15) is 50.9 Å². The second kappa shape index (κ2) is 8.09. The van der Waals surface area contributed by atoms with Gasteiger partial charge in [-0.2, -0.15) is 5.10 Å². The maximum Gasteiger partial charge on any atom is 0.350 e. The summed E-state index contributed by atoms with van der Waals surface area (Å²) in [6.07, 6.45) is 2.03. The lowest BCUT2D eigenvalue weighted by Gasteiger charge is -2.19. The number of hydrogen-bond acceptors (Lipinski definition) is 4. The summed E-state index contributed by atoms with van der Waals surface area (Å²) in [5, 5.41) is 4.51. The molecule has 7 nitrogen and oxygen atoms in total. The van der Waals surface area contributed by atoms with Gasteiger partial charge in [-0.15, -0.1) is 0 Å². The summed E-state index contributed by atoms with van der Waals surface area (Å²) in [7, 11) is -3.66. The minimum atomic E-state index is -3.66. The fourth-order valence-electron chi connectivity index (χ4n) is 3.50. The molecule has 8 heteroatoms. The van der Waals surface area contributed by atoms with E-state index < -0.39 is 10.0 Å². The first-order valence-corrected chi connectivity index (χ1v) is 12.0. The van der Waals surface area contributed by atoms with Gasteiger partial charge in [0.05, 0.1) is 17.1 Å². The molecular formula is C23H28N4O3S. The van der Waals surface area contributed by atoms with Crippen molar-refractivity contribution in [1.82, 2.24) is 19.1 Å². The third kappa shape index (κ3) is 4.65. The van der Waals surface area contributed by atoms with Crippen molar-refractivity contribution in [2.45, 2.75) is 56.4 Å². The van der Waals surface area contributed by atoms with Gasteiger partial charge in [0, 0.05) is 12.5 Å². The van der Waals surface area contributed by atoms with Gasteiger partial charge in [-0.25, -0.2) is 27.2 Å². The highest BCUT2D eigenvalue weighted by Crippen LogP contribution is 2.39. The molecule has 4 rings (SSSR count). The third-order valence-electron chi connectivity index (χ3n) is 5.47. The lowest BCUT2D eigenvalue weighted by atomic mass is 9.87. The molecule has 1 aromatic heterocycles.